The van der Waals surface area contributed by atoms with Crippen molar-refractivity contribution in [3.05, 3.63) is 114 Å². The number of aromatic hydroxyl groups is 1. The molecule has 0 aliphatic rings. The number of ether oxygens (including phenoxy) is 1. The van der Waals surface area contributed by atoms with E-state index >= 15 is 0 Å². The van der Waals surface area contributed by atoms with Crippen LogP contribution in [-0.2, 0) is 11.3 Å². The summed E-state index contributed by atoms with van der Waals surface area (Å²) in [5.74, 6) is -0.418. The maximum absolute atomic E-state index is 12.2. The summed E-state index contributed by atoms with van der Waals surface area (Å²) in [6.45, 7) is 2.79. The number of carbonyl (C=O) groups excluding carboxylic acids is 1. The number of fused-ring (bicyclic) bond motifs is 1. The Balaban J connectivity index is 1.57. The Hall–Kier alpha value is -4.65. The highest BCUT2D eigenvalue weighted by Gasteiger charge is 2.20. The molecule has 0 amide bonds. The number of imidazole rings is 1. The van der Waals surface area contributed by atoms with Crippen LogP contribution in [0.15, 0.2) is 96.5 Å². The first-order valence-electron chi connectivity index (χ1n) is 11.3. The normalized spacial score (nSPS) is 11.6. The second-order valence-corrected chi connectivity index (χ2v) is 8.06. The van der Waals surface area contributed by atoms with E-state index in [9.17, 15) is 9.90 Å². The predicted octanol–water partition coefficient (Wildman–Crippen LogP) is 5.46. The van der Waals surface area contributed by atoms with Gasteiger partial charge in [-0.25, -0.2) is 14.8 Å². The number of esters is 1. The number of aliphatic imine (C=N–C) groups is 1. The summed E-state index contributed by atoms with van der Waals surface area (Å²) < 4.78 is 7.11. The summed E-state index contributed by atoms with van der Waals surface area (Å²) in [4.78, 5) is 24.2. The number of aromatic nitrogens is 3. The highest BCUT2D eigenvalue weighted by molar-refractivity contribution is 6.22. The highest BCUT2D eigenvalue weighted by atomic mass is 16.5. The summed E-state index contributed by atoms with van der Waals surface area (Å²) in [7, 11) is 0. The van der Waals surface area contributed by atoms with Crippen LogP contribution in [0.3, 0.4) is 0 Å². The number of H-pyrrole nitrogens is 1. The fourth-order valence-corrected chi connectivity index (χ4v) is 4.02. The molecule has 0 saturated heterocycles. The fraction of sp³-hybridized carbons (Fsp3) is 0.107. The first-order chi connectivity index (χ1) is 17.1. The zero-order valence-electron chi connectivity index (χ0n) is 19.2. The molecule has 2 N–H and O–H groups in total. The van der Waals surface area contributed by atoms with Gasteiger partial charge in [0.25, 0.3) is 0 Å². The van der Waals surface area contributed by atoms with Gasteiger partial charge in [-0.1, -0.05) is 48.5 Å². The molecule has 2 aromatic heterocycles. The zero-order chi connectivity index (χ0) is 24.2. The van der Waals surface area contributed by atoms with E-state index in [1.807, 2.05) is 65.4 Å². The van der Waals surface area contributed by atoms with Gasteiger partial charge >= 0.3 is 5.97 Å². The molecular formula is C28H24N4O3. The first kappa shape index (κ1) is 22.2. The number of aromatic amines is 1. The van der Waals surface area contributed by atoms with E-state index in [0.717, 1.165) is 28.7 Å². The molecule has 0 radical (unpaired) electrons. The lowest BCUT2D eigenvalue weighted by Crippen LogP contribution is -2.05. The SMILES string of the molecule is CCOC(=O)c1ccc2c(C(=Nc3ccc(Cn4ccnc4)cc3)c3ccccc3)c(O)[nH]c2c1. The molecule has 0 spiro atoms. The third kappa shape index (κ3) is 4.70. The van der Waals surface area contributed by atoms with E-state index < -0.39 is 5.97 Å². The van der Waals surface area contributed by atoms with E-state index in [2.05, 4.69) is 9.97 Å². The van der Waals surface area contributed by atoms with Crippen molar-refractivity contribution in [3.63, 3.8) is 0 Å². The van der Waals surface area contributed by atoms with E-state index in [0.29, 0.717) is 29.0 Å². The predicted molar refractivity (Wildman–Crippen MR) is 135 cm³/mol. The number of hydrogen-bond acceptors (Lipinski definition) is 5. The summed E-state index contributed by atoms with van der Waals surface area (Å²) in [5, 5.41) is 11.7. The van der Waals surface area contributed by atoms with Crippen molar-refractivity contribution in [1.82, 2.24) is 14.5 Å². The molecule has 7 heteroatoms. The van der Waals surface area contributed by atoms with Crippen LogP contribution in [0.5, 0.6) is 5.88 Å². The zero-order valence-corrected chi connectivity index (χ0v) is 19.2. The average molecular weight is 465 g/mol. The average Bonchev–Trinajstić information content (AvgIpc) is 3.50. The molecule has 2 heterocycles. The molecule has 0 aliphatic carbocycles. The second kappa shape index (κ2) is 9.69. The van der Waals surface area contributed by atoms with Gasteiger partial charge in [0.15, 0.2) is 5.88 Å². The largest absolute Gasteiger partial charge is 0.494 e. The van der Waals surface area contributed by atoms with Crippen LogP contribution < -0.4 is 0 Å². The van der Waals surface area contributed by atoms with Crippen LogP contribution in [0.2, 0.25) is 0 Å². The second-order valence-electron chi connectivity index (χ2n) is 8.06. The molecule has 5 aromatic rings. The van der Waals surface area contributed by atoms with E-state index in [-0.39, 0.29) is 5.88 Å². The quantitative estimate of drug-likeness (QED) is 0.247. The van der Waals surface area contributed by atoms with Crippen molar-refractivity contribution in [2.45, 2.75) is 13.5 Å². The molecule has 7 nitrogen and oxygen atoms in total. The fourth-order valence-electron chi connectivity index (χ4n) is 4.02. The minimum atomic E-state index is -0.405. The lowest BCUT2D eigenvalue weighted by Gasteiger charge is -2.09. The third-order valence-corrected chi connectivity index (χ3v) is 5.68. The molecule has 0 fully saturated rings. The van der Waals surface area contributed by atoms with Gasteiger partial charge in [-0.15, -0.1) is 0 Å². The summed E-state index contributed by atoms with van der Waals surface area (Å²) in [6, 6.07) is 22.9. The van der Waals surface area contributed by atoms with Crippen LogP contribution in [0.1, 0.15) is 34.0 Å². The molecule has 0 unspecified atom stereocenters. The topological polar surface area (TPSA) is 92.5 Å². The van der Waals surface area contributed by atoms with Gasteiger partial charge in [-0.3, -0.25) is 0 Å². The van der Waals surface area contributed by atoms with E-state index in [1.54, 1.807) is 37.6 Å². The van der Waals surface area contributed by atoms with E-state index in [4.69, 9.17) is 9.73 Å². The number of rotatable bonds is 7. The maximum Gasteiger partial charge on any atom is 0.338 e. The van der Waals surface area contributed by atoms with Crippen molar-refractivity contribution in [1.29, 1.82) is 0 Å². The van der Waals surface area contributed by atoms with Crippen LogP contribution in [-0.4, -0.2) is 37.9 Å². The number of nitrogens with one attached hydrogen (secondary N) is 1. The Morgan fingerprint density at radius 3 is 2.57 bits per heavy atom. The van der Waals surface area contributed by atoms with Gasteiger partial charge in [0, 0.05) is 35.4 Å². The highest BCUT2D eigenvalue weighted by Crippen LogP contribution is 2.32. The van der Waals surface area contributed by atoms with Gasteiger partial charge in [-0.05, 0) is 36.8 Å². The van der Waals surface area contributed by atoms with Crippen LogP contribution in [0.25, 0.3) is 10.9 Å². The number of carbonyl (C=O) groups is 1. The molecule has 174 valence electrons. The minimum absolute atomic E-state index is 0.0136. The number of hydrogen-bond donors (Lipinski definition) is 2. The van der Waals surface area contributed by atoms with Crippen molar-refractivity contribution in [2.24, 2.45) is 4.99 Å². The molecule has 0 saturated carbocycles. The van der Waals surface area contributed by atoms with E-state index in [1.165, 1.54) is 0 Å². The summed E-state index contributed by atoms with van der Waals surface area (Å²) in [6.07, 6.45) is 5.47. The molecule has 5 rings (SSSR count). The Labute approximate surface area is 202 Å². The van der Waals surface area contributed by atoms with Crippen molar-refractivity contribution in [2.75, 3.05) is 6.61 Å². The van der Waals surface area contributed by atoms with Crippen molar-refractivity contribution in [3.8, 4) is 5.88 Å². The summed E-state index contributed by atoms with van der Waals surface area (Å²) >= 11 is 0. The van der Waals surface area contributed by atoms with Gasteiger partial charge in [0.1, 0.15) is 0 Å². The standard InChI is InChI=1S/C28H24N4O3/c1-2-35-28(34)21-10-13-23-24(16-21)31-27(33)25(23)26(20-6-4-3-5-7-20)30-22-11-8-19(9-12-22)17-32-15-14-29-18-32/h3-16,18,31,33H,2,17H2,1H3. The van der Waals surface area contributed by atoms with Gasteiger partial charge in [-0.2, -0.15) is 0 Å². The smallest absolute Gasteiger partial charge is 0.338 e. The molecular weight excluding hydrogens is 440 g/mol. The van der Waals surface area contributed by atoms with Gasteiger partial charge < -0.3 is 19.4 Å². The van der Waals surface area contributed by atoms with Crippen LogP contribution in [0.4, 0.5) is 5.69 Å². The monoisotopic (exact) mass is 464 g/mol. The molecule has 0 atom stereocenters. The summed E-state index contributed by atoms with van der Waals surface area (Å²) in [5.41, 5.74) is 4.99. The third-order valence-electron chi connectivity index (χ3n) is 5.68. The van der Waals surface area contributed by atoms with Gasteiger partial charge in [0.2, 0.25) is 0 Å². The lowest BCUT2D eigenvalue weighted by atomic mass is 10.00. The first-order valence-corrected chi connectivity index (χ1v) is 11.3. The minimum Gasteiger partial charge on any atom is -0.494 e. The molecule has 3 aromatic carbocycles. The number of benzene rings is 3. The van der Waals surface area contributed by atoms with Crippen LogP contribution >= 0.6 is 0 Å². The lowest BCUT2D eigenvalue weighted by molar-refractivity contribution is 0.0526. The Morgan fingerprint density at radius 1 is 1.06 bits per heavy atom. The van der Waals surface area contributed by atoms with Crippen molar-refractivity contribution < 1.29 is 14.6 Å². The Morgan fingerprint density at radius 2 is 1.86 bits per heavy atom. The maximum atomic E-state index is 12.2. The molecule has 0 aliphatic heterocycles. The Kier molecular flexibility index (Phi) is 6.13. The number of nitrogens with zero attached hydrogens (tertiary/aromatic N) is 3. The molecule has 0 bridgehead atoms. The van der Waals surface area contributed by atoms with Crippen molar-refractivity contribution >= 4 is 28.3 Å². The van der Waals surface area contributed by atoms with Crippen LogP contribution in [0, 0.1) is 0 Å². The molecule has 35 heavy (non-hydrogen) atoms. The van der Waals surface area contributed by atoms with Gasteiger partial charge in [0.05, 0.1) is 35.5 Å². The Bertz CT molecular complexity index is 1490.